The molecule has 0 unspecified atom stereocenters. The van der Waals surface area contributed by atoms with Crippen LogP contribution in [0.4, 0.5) is 14.5 Å². The number of amides is 1. The molecular formula is C30H25F2N3O4S. The zero-order valence-corrected chi connectivity index (χ0v) is 22.7. The number of alkyl halides is 2. The van der Waals surface area contributed by atoms with Gasteiger partial charge in [0.15, 0.2) is 17.1 Å². The topological polar surface area (TPSA) is 93.4 Å². The number of hydrogen-bond acceptors (Lipinski definition) is 6. The summed E-state index contributed by atoms with van der Waals surface area (Å²) in [7, 11) is 1.31. The summed E-state index contributed by atoms with van der Waals surface area (Å²) >= 11 is 0.970. The van der Waals surface area contributed by atoms with E-state index in [1.165, 1.54) is 36.0 Å². The molecule has 0 bridgehead atoms. The van der Waals surface area contributed by atoms with Crippen LogP contribution in [-0.4, -0.2) is 24.2 Å². The molecule has 1 heterocycles. The van der Waals surface area contributed by atoms with Gasteiger partial charge in [0, 0.05) is 5.69 Å². The number of carbonyl (C=O) groups excluding carboxylic acids is 1. The molecule has 4 aromatic rings. The Morgan fingerprint density at radius 1 is 1.12 bits per heavy atom. The van der Waals surface area contributed by atoms with E-state index in [1.807, 2.05) is 38.1 Å². The second kappa shape index (κ2) is 12.4. The van der Waals surface area contributed by atoms with Crippen molar-refractivity contribution in [3.63, 3.8) is 0 Å². The number of halogens is 2. The molecule has 3 aromatic carbocycles. The lowest BCUT2D eigenvalue weighted by Crippen LogP contribution is -2.32. The number of rotatable bonds is 8. The summed E-state index contributed by atoms with van der Waals surface area (Å²) in [6, 6.07) is 20.6. The molecule has 0 radical (unpaired) electrons. The maximum absolute atomic E-state index is 13.7. The second-order valence-electron chi connectivity index (χ2n) is 8.68. The molecule has 0 aliphatic rings. The molecule has 0 spiro atoms. The highest BCUT2D eigenvalue weighted by molar-refractivity contribution is 7.07. The molecule has 4 rings (SSSR count). The Morgan fingerprint density at radius 2 is 1.88 bits per heavy atom. The average molecular weight is 562 g/mol. The fourth-order valence-corrected chi connectivity index (χ4v) is 5.09. The lowest BCUT2D eigenvalue weighted by molar-refractivity contribution is -0.111. The van der Waals surface area contributed by atoms with Crippen molar-refractivity contribution in [2.75, 3.05) is 12.4 Å². The number of aryl methyl sites for hydroxylation is 2. The van der Waals surface area contributed by atoms with E-state index < -0.39 is 18.1 Å². The largest absolute Gasteiger partial charge is 0.493 e. The first kappa shape index (κ1) is 28.3. The smallest absolute Gasteiger partial charge is 0.387 e. The van der Waals surface area contributed by atoms with Crippen LogP contribution < -0.4 is 29.5 Å². The van der Waals surface area contributed by atoms with Crippen LogP contribution in [0.3, 0.4) is 0 Å². The SMILES string of the molecule is CCc1ccc(NC(=O)/C(C#N)=c2/s/c(=C\c3ccc(OC(F)F)c(OC)c3)c(=O)n2-c2cccc(C)c2)cc1. The maximum atomic E-state index is 13.7. The number of nitrogens with zero attached hydrogens (tertiary/aromatic N) is 2. The highest BCUT2D eigenvalue weighted by atomic mass is 32.1. The molecule has 10 heteroatoms. The van der Waals surface area contributed by atoms with Crippen LogP contribution in [0.5, 0.6) is 11.5 Å². The van der Waals surface area contributed by atoms with E-state index in [9.17, 15) is 23.6 Å². The first-order valence-corrected chi connectivity index (χ1v) is 13.0. The molecule has 0 atom stereocenters. The van der Waals surface area contributed by atoms with E-state index >= 15 is 0 Å². The standard InChI is InChI=1S/C30H25F2N3O4S/c1-4-19-8-11-21(12-9-19)34-27(36)23(17-33)29-35(22-7-5-6-18(2)14-22)28(37)26(40-29)16-20-10-13-24(39-30(31)32)25(15-20)38-3/h5-16,30H,4H2,1-3H3,(H,34,36)/b26-16-,29-23+. The van der Waals surface area contributed by atoms with Gasteiger partial charge in [0.25, 0.3) is 11.5 Å². The van der Waals surface area contributed by atoms with Crippen LogP contribution >= 0.6 is 11.3 Å². The number of hydrogen-bond donors (Lipinski definition) is 1. The fourth-order valence-electron chi connectivity index (χ4n) is 3.98. The number of ether oxygens (including phenoxy) is 2. The van der Waals surface area contributed by atoms with E-state index in [0.29, 0.717) is 16.9 Å². The van der Waals surface area contributed by atoms with Crippen molar-refractivity contribution >= 4 is 34.6 Å². The molecule has 7 nitrogen and oxygen atoms in total. The summed E-state index contributed by atoms with van der Waals surface area (Å²) in [5.74, 6) is -0.749. The molecule has 0 saturated carbocycles. The van der Waals surface area contributed by atoms with Crippen LogP contribution in [-0.2, 0) is 11.2 Å². The van der Waals surface area contributed by atoms with E-state index in [1.54, 1.807) is 30.3 Å². The van der Waals surface area contributed by atoms with Crippen LogP contribution in [0.1, 0.15) is 23.6 Å². The summed E-state index contributed by atoms with van der Waals surface area (Å²) in [6.45, 7) is 0.859. The summed E-state index contributed by atoms with van der Waals surface area (Å²) in [6.07, 6.45) is 2.38. The van der Waals surface area contributed by atoms with Crippen LogP contribution in [0.2, 0.25) is 0 Å². The molecule has 40 heavy (non-hydrogen) atoms. The third-order valence-electron chi connectivity index (χ3n) is 5.96. The highest BCUT2D eigenvalue weighted by Crippen LogP contribution is 2.29. The Kier molecular flexibility index (Phi) is 8.76. The van der Waals surface area contributed by atoms with Crippen molar-refractivity contribution in [2.24, 2.45) is 0 Å². The minimum Gasteiger partial charge on any atom is -0.493 e. The fraction of sp³-hybridized carbons (Fsp3) is 0.167. The van der Waals surface area contributed by atoms with Gasteiger partial charge in [-0.05, 0) is 72.5 Å². The zero-order chi connectivity index (χ0) is 28.8. The lowest BCUT2D eigenvalue weighted by atomic mass is 10.1. The van der Waals surface area contributed by atoms with Crippen molar-refractivity contribution < 1.29 is 23.0 Å². The number of anilines is 1. The molecule has 0 aliphatic carbocycles. The Bertz CT molecular complexity index is 1770. The highest BCUT2D eigenvalue weighted by Gasteiger charge is 2.18. The summed E-state index contributed by atoms with van der Waals surface area (Å²) in [5, 5.41) is 12.8. The number of aromatic nitrogens is 1. The third-order valence-corrected chi connectivity index (χ3v) is 7.05. The summed E-state index contributed by atoms with van der Waals surface area (Å²) < 4.78 is 36.8. The Morgan fingerprint density at radius 3 is 2.50 bits per heavy atom. The van der Waals surface area contributed by atoms with Gasteiger partial charge in [-0.25, -0.2) is 0 Å². The van der Waals surface area contributed by atoms with Crippen LogP contribution in [0.15, 0.2) is 71.5 Å². The number of benzene rings is 3. The number of methoxy groups -OCH3 is 1. The predicted octanol–water partition coefficient (Wildman–Crippen LogP) is 4.52. The van der Waals surface area contributed by atoms with Gasteiger partial charge in [-0.15, -0.1) is 11.3 Å². The lowest BCUT2D eigenvalue weighted by Gasteiger charge is -2.09. The molecule has 0 aliphatic heterocycles. The van der Waals surface area contributed by atoms with E-state index in [4.69, 9.17) is 4.74 Å². The van der Waals surface area contributed by atoms with Crippen molar-refractivity contribution in [2.45, 2.75) is 26.9 Å². The first-order valence-electron chi connectivity index (χ1n) is 12.2. The second-order valence-corrected chi connectivity index (χ2v) is 9.71. The van der Waals surface area contributed by atoms with Crippen molar-refractivity contribution in [3.05, 3.63) is 103 Å². The van der Waals surface area contributed by atoms with Crippen molar-refractivity contribution in [1.29, 1.82) is 5.26 Å². The van der Waals surface area contributed by atoms with Gasteiger partial charge in [0.1, 0.15) is 10.7 Å². The van der Waals surface area contributed by atoms with Crippen LogP contribution in [0, 0.1) is 18.3 Å². The summed E-state index contributed by atoms with van der Waals surface area (Å²) in [5.41, 5.74) is 2.76. The number of thiazole rings is 1. The normalized spacial score (nSPS) is 12.2. The van der Waals surface area contributed by atoms with Crippen LogP contribution in [0.25, 0.3) is 17.3 Å². The van der Waals surface area contributed by atoms with Gasteiger partial charge in [-0.1, -0.05) is 37.3 Å². The molecular weight excluding hydrogens is 536 g/mol. The van der Waals surface area contributed by atoms with Gasteiger partial charge in [0.2, 0.25) is 0 Å². The van der Waals surface area contributed by atoms with Gasteiger partial charge in [-0.2, -0.15) is 14.0 Å². The van der Waals surface area contributed by atoms with Gasteiger partial charge in [0.05, 0.1) is 17.3 Å². The van der Waals surface area contributed by atoms with E-state index in [2.05, 4.69) is 10.1 Å². The van der Waals surface area contributed by atoms with E-state index in [-0.39, 0.29) is 26.3 Å². The van der Waals surface area contributed by atoms with Gasteiger partial charge < -0.3 is 14.8 Å². The molecule has 204 valence electrons. The number of carbonyl (C=O) groups is 1. The number of nitrogens with one attached hydrogen (secondary N) is 1. The quantitative estimate of drug-likeness (QED) is 0.342. The van der Waals surface area contributed by atoms with Gasteiger partial charge in [-0.3, -0.25) is 14.2 Å². The predicted molar refractivity (Wildman–Crippen MR) is 151 cm³/mol. The molecule has 1 amide bonds. The van der Waals surface area contributed by atoms with Gasteiger partial charge >= 0.3 is 6.61 Å². The Labute approximate surface area is 232 Å². The molecule has 1 aromatic heterocycles. The Hall–Kier alpha value is -4.75. The average Bonchev–Trinajstić information content (AvgIpc) is 3.25. The van der Waals surface area contributed by atoms with Crippen molar-refractivity contribution in [3.8, 4) is 23.3 Å². The number of nitriles is 1. The zero-order valence-electron chi connectivity index (χ0n) is 21.9. The molecule has 0 saturated heterocycles. The molecule has 1 N–H and O–H groups in total. The summed E-state index contributed by atoms with van der Waals surface area (Å²) in [4.78, 5) is 26.9. The molecule has 0 fully saturated rings. The minimum absolute atomic E-state index is 0.0579. The first-order chi connectivity index (χ1) is 19.2. The minimum atomic E-state index is -3.03. The van der Waals surface area contributed by atoms with Crippen molar-refractivity contribution in [1.82, 2.24) is 4.57 Å². The third kappa shape index (κ3) is 6.27. The Balaban J connectivity index is 1.90. The monoisotopic (exact) mass is 561 g/mol. The van der Waals surface area contributed by atoms with E-state index in [0.717, 1.165) is 28.9 Å². The maximum Gasteiger partial charge on any atom is 0.387 e.